The fourth-order valence-corrected chi connectivity index (χ4v) is 5.91. The Labute approximate surface area is 248 Å². The summed E-state index contributed by atoms with van der Waals surface area (Å²) in [7, 11) is 0. The molecule has 2 nitrogen and oxygen atoms in total. The Morgan fingerprint density at radius 2 is 1.62 bits per heavy atom. The first kappa shape index (κ1) is 32.1. The van der Waals surface area contributed by atoms with E-state index in [2.05, 4.69) is 13.5 Å². The predicted molar refractivity (Wildman–Crippen MR) is 162 cm³/mol. The summed E-state index contributed by atoms with van der Waals surface area (Å²) in [6, 6.07) is 6.21. The second kappa shape index (κ2) is 16.1. The highest BCUT2D eigenvalue weighted by molar-refractivity contribution is 5.76. The summed E-state index contributed by atoms with van der Waals surface area (Å²) in [6.45, 7) is 6.81. The van der Waals surface area contributed by atoms with Gasteiger partial charge in [0.05, 0.1) is 19.3 Å². The number of hydrogen-bond acceptors (Lipinski definition) is 2. The summed E-state index contributed by atoms with van der Waals surface area (Å²) < 4.78 is 71.6. The fourth-order valence-electron chi connectivity index (χ4n) is 5.91. The molecule has 1 saturated heterocycles. The van der Waals surface area contributed by atoms with Gasteiger partial charge in [-0.3, -0.25) is 0 Å². The average Bonchev–Trinajstić information content (AvgIpc) is 3.01. The van der Waals surface area contributed by atoms with Gasteiger partial charge in [-0.2, -0.15) is 4.39 Å². The first-order chi connectivity index (χ1) is 20.4. The minimum atomic E-state index is -1.01. The third-order valence-corrected chi connectivity index (χ3v) is 8.50. The summed E-state index contributed by atoms with van der Waals surface area (Å²) in [5.74, 6) is -3.81. The van der Waals surface area contributed by atoms with Gasteiger partial charge in [0.2, 0.25) is 5.82 Å². The lowest BCUT2D eigenvalue weighted by Crippen LogP contribution is -2.22. The number of unbranched alkanes of at least 4 members (excludes halogenated alkanes) is 6. The zero-order valence-corrected chi connectivity index (χ0v) is 24.8. The minimum absolute atomic E-state index is 0.0904. The Morgan fingerprint density at radius 1 is 0.881 bits per heavy atom. The van der Waals surface area contributed by atoms with Gasteiger partial charge in [-0.05, 0) is 67.7 Å². The lowest BCUT2D eigenvalue weighted by atomic mass is 9.86. The number of ether oxygens (including phenoxy) is 2. The summed E-state index contributed by atoms with van der Waals surface area (Å²) in [4.78, 5) is 0. The van der Waals surface area contributed by atoms with Crippen LogP contribution in [0.2, 0.25) is 0 Å². The van der Waals surface area contributed by atoms with Crippen molar-refractivity contribution in [3.8, 4) is 5.75 Å². The van der Waals surface area contributed by atoms with Gasteiger partial charge in [0.25, 0.3) is 0 Å². The third kappa shape index (κ3) is 8.15. The molecule has 1 aliphatic heterocycles. The van der Waals surface area contributed by atoms with Gasteiger partial charge in [-0.1, -0.05) is 81.9 Å². The van der Waals surface area contributed by atoms with Gasteiger partial charge in [0.1, 0.15) is 0 Å². The summed E-state index contributed by atoms with van der Waals surface area (Å²) >= 11 is 0. The number of halogens is 4. The third-order valence-electron chi connectivity index (χ3n) is 8.50. The molecule has 2 unspecified atom stereocenters. The van der Waals surface area contributed by atoms with E-state index in [0.29, 0.717) is 37.5 Å². The topological polar surface area (TPSA) is 18.5 Å². The Bertz CT molecular complexity index is 1240. The number of rotatable bonds is 15. The standard InChI is InChI=1S/C36H44F4O2/c1-3-5-7-8-9-10-11-23-41-32-22-20-29(34(38)36(32)40)27-16-14-26(15-17-27)28-18-19-30(35(39)33(28)37)31-21-13-25(24-42-31)12-6-4-2/h4,14,16-20,22,25-26,31H,2-3,5-13,15,21,23-24H2,1H3/t25?,26-,31?/m0/s1. The van der Waals surface area contributed by atoms with Crippen LogP contribution in [0.25, 0.3) is 5.57 Å². The number of allylic oxidation sites excluding steroid dienone is 5. The van der Waals surface area contributed by atoms with E-state index >= 15 is 8.78 Å². The SMILES string of the molecule is C=CCCC1CCC(c2ccc([C@H]3C=CC(c4ccc(OCCCCCCCCC)c(F)c4F)=CC3)c(F)c2F)OC1. The van der Waals surface area contributed by atoms with Crippen molar-refractivity contribution in [2.75, 3.05) is 13.2 Å². The first-order valence-corrected chi connectivity index (χ1v) is 15.6. The monoisotopic (exact) mass is 584 g/mol. The zero-order chi connectivity index (χ0) is 29.9. The molecule has 0 spiro atoms. The lowest BCUT2D eigenvalue weighted by Gasteiger charge is -2.30. The molecule has 6 heteroatoms. The molecular formula is C36H44F4O2. The molecule has 0 aromatic heterocycles. The van der Waals surface area contributed by atoms with E-state index in [1.807, 2.05) is 6.08 Å². The Balaban J connectivity index is 1.33. The van der Waals surface area contributed by atoms with Crippen LogP contribution in [0.15, 0.2) is 55.1 Å². The molecule has 0 saturated carbocycles. The molecule has 0 N–H and O–H groups in total. The molecule has 0 amide bonds. The van der Waals surface area contributed by atoms with E-state index in [4.69, 9.17) is 9.47 Å². The van der Waals surface area contributed by atoms with E-state index in [1.54, 1.807) is 30.4 Å². The Hall–Kier alpha value is -2.86. The van der Waals surface area contributed by atoms with Crippen molar-refractivity contribution >= 4 is 5.57 Å². The smallest absolute Gasteiger partial charge is 0.201 e. The maximum atomic E-state index is 15.2. The second-order valence-corrected chi connectivity index (χ2v) is 11.6. The van der Waals surface area contributed by atoms with Crippen molar-refractivity contribution in [1.29, 1.82) is 0 Å². The van der Waals surface area contributed by atoms with Crippen LogP contribution in [0.4, 0.5) is 17.6 Å². The van der Waals surface area contributed by atoms with Crippen molar-refractivity contribution in [1.82, 2.24) is 0 Å². The molecule has 0 bridgehead atoms. The van der Waals surface area contributed by atoms with Crippen LogP contribution < -0.4 is 4.74 Å². The maximum Gasteiger partial charge on any atom is 0.201 e. The molecule has 1 aliphatic carbocycles. The minimum Gasteiger partial charge on any atom is -0.490 e. The van der Waals surface area contributed by atoms with E-state index in [1.165, 1.54) is 37.8 Å². The average molecular weight is 585 g/mol. The molecule has 2 aromatic carbocycles. The van der Waals surface area contributed by atoms with Crippen LogP contribution in [0, 0.1) is 29.2 Å². The van der Waals surface area contributed by atoms with Crippen LogP contribution >= 0.6 is 0 Å². The predicted octanol–water partition coefficient (Wildman–Crippen LogP) is 10.9. The lowest BCUT2D eigenvalue weighted by molar-refractivity contribution is -0.0210. The van der Waals surface area contributed by atoms with Gasteiger partial charge in [0, 0.05) is 17.0 Å². The first-order valence-electron chi connectivity index (χ1n) is 15.6. The van der Waals surface area contributed by atoms with Crippen LogP contribution in [0.1, 0.15) is 113 Å². The Morgan fingerprint density at radius 3 is 2.31 bits per heavy atom. The quantitative estimate of drug-likeness (QED) is 0.118. The van der Waals surface area contributed by atoms with Crippen LogP contribution in [-0.4, -0.2) is 13.2 Å². The fraction of sp³-hybridized carbons (Fsp3) is 0.500. The van der Waals surface area contributed by atoms with E-state index in [0.717, 1.165) is 38.5 Å². The highest BCUT2D eigenvalue weighted by atomic mass is 19.2. The largest absolute Gasteiger partial charge is 0.490 e. The van der Waals surface area contributed by atoms with Gasteiger partial charge in [0.15, 0.2) is 23.2 Å². The maximum absolute atomic E-state index is 15.2. The highest BCUT2D eigenvalue weighted by Crippen LogP contribution is 2.38. The highest BCUT2D eigenvalue weighted by Gasteiger charge is 2.28. The number of benzene rings is 2. The molecule has 228 valence electrons. The molecule has 4 rings (SSSR count). The Kier molecular flexibility index (Phi) is 12.3. The summed E-state index contributed by atoms with van der Waals surface area (Å²) in [6.07, 6.45) is 18.1. The molecule has 3 atom stereocenters. The van der Waals surface area contributed by atoms with Crippen LogP contribution in [0.3, 0.4) is 0 Å². The normalized spacial score (nSPS) is 20.4. The molecule has 1 fully saturated rings. The molecule has 0 radical (unpaired) electrons. The summed E-state index contributed by atoms with van der Waals surface area (Å²) in [5, 5.41) is 0. The van der Waals surface area contributed by atoms with Crippen molar-refractivity contribution in [3.05, 3.63) is 95.1 Å². The van der Waals surface area contributed by atoms with Crippen LogP contribution in [-0.2, 0) is 4.74 Å². The van der Waals surface area contributed by atoms with Crippen molar-refractivity contribution in [2.45, 2.75) is 96.0 Å². The molecule has 1 heterocycles. The van der Waals surface area contributed by atoms with E-state index in [-0.39, 0.29) is 22.4 Å². The molecular weight excluding hydrogens is 540 g/mol. The van der Waals surface area contributed by atoms with Crippen molar-refractivity contribution < 1.29 is 27.0 Å². The van der Waals surface area contributed by atoms with E-state index < -0.39 is 35.3 Å². The zero-order valence-electron chi connectivity index (χ0n) is 24.8. The molecule has 42 heavy (non-hydrogen) atoms. The molecule has 2 aromatic rings. The summed E-state index contributed by atoms with van der Waals surface area (Å²) in [5.41, 5.74) is 1.11. The van der Waals surface area contributed by atoms with Gasteiger partial charge in [-0.25, -0.2) is 13.2 Å². The second-order valence-electron chi connectivity index (χ2n) is 11.6. The van der Waals surface area contributed by atoms with Crippen LogP contribution in [0.5, 0.6) is 5.75 Å². The van der Waals surface area contributed by atoms with Crippen molar-refractivity contribution in [2.24, 2.45) is 5.92 Å². The van der Waals surface area contributed by atoms with Gasteiger partial charge >= 0.3 is 0 Å². The van der Waals surface area contributed by atoms with Gasteiger partial charge < -0.3 is 9.47 Å². The molecule has 2 aliphatic rings. The van der Waals surface area contributed by atoms with Gasteiger partial charge in [-0.15, -0.1) is 6.58 Å². The number of hydrogen-bond donors (Lipinski definition) is 0. The van der Waals surface area contributed by atoms with Crippen molar-refractivity contribution in [3.63, 3.8) is 0 Å². The van der Waals surface area contributed by atoms with E-state index in [9.17, 15) is 8.78 Å².